The van der Waals surface area contributed by atoms with Gasteiger partial charge in [0.15, 0.2) is 0 Å². The fourth-order valence-corrected chi connectivity index (χ4v) is 1.97. The molecule has 0 radical (unpaired) electrons. The Morgan fingerprint density at radius 1 is 1.41 bits per heavy atom. The molecule has 2 rings (SSSR count). The lowest BCUT2D eigenvalue weighted by molar-refractivity contribution is 0.184. The molecule has 1 aromatic carbocycles. The molecule has 3 heteroatoms. The van der Waals surface area contributed by atoms with E-state index in [-0.39, 0.29) is 0 Å². The second-order valence-corrected chi connectivity index (χ2v) is 4.75. The minimum atomic E-state index is 0.350. The van der Waals surface area contributed by atoms with Crippen molar-refractivity contribution in [3.63, 3.8) is 0 Å². The molecular weight excluding hydrogens is 214 g/mol. The molecule has 1 N–H and O–H groups in total. The summed E-state index contributed by atoms with van der Waals surface area (Å²) in [4.78, 5) is 0. The number of rotatable bonds is 5. The lowest BCUT2D eigenvalue weighted by atomic mass is 10.2. The predicted octanol–water partition coefficient (Wildman–Crippen LogP) is 2.14. The summed E-state index contributed by atoms with van der Waals surface area (Å²) in [6.07, 6.45) is 1.11. The smallest absolute Gasteiger partial charge is 0.119 e. The lowest BCUT2D eigenvalue weighted by Gasteiger charge is -2.18. The van der Waals surface area contributed by atoms with Crippen LogP contribution in [0.5, 0.6) is 5.75 Å². The summed E-state index contributed by atoms with van der Waals surface area (Å²) in [7, 11) is 0. The Hall–Kier alpha value is -1.06. The monoisotopic (exact) mass is 235 g/mol. The molecule has 1 saturated heterocycles. The Labute approximate surface area is 103 Å². The molecule has 1 fully saturated rings. The van der Waals surface area contributed by atoms with Crippen molar-refractivity contribution in [1.82, 2.24) is 5.32 Å². The van der Waals surface area contributed by atoms with Crippen LogP contribution in [0.3, 0.4) is 0 Å². The van der Waals surface area contributed by atoms with Crippen molar-refractivity contribution in [2.24, 2.45) is 0 Å². The number of hydrogen-bond acceptors (Lipinski definition) is 3. The minimum absolute atomic E-state index is 0.350. The molecule has 17 heavy (non-hydrogen) atoms. The molecule has 2 unspecified atom stereocenters. The van der Waals surface area contributed by atoms with Crippen LogP contribution in [-0.2, 0) is 4.74 Å². The van der Waals surface area contributed by atoms with Crippen LogP contribution in [0.1, 0.15) is 18.9 Å². The van der Waals surface area contributed by atoms with Crippen LogP contribution in [0.4, 0.5) is 0 Å². The van der Waals surface area contributed by atoms with Gasteiger partial charge < -0.3 is 14.8 Å². The normalized spacial score (nSPS) is 21.4. The average Bonchev–Trinajstić information content (AvgIpc) is 2.81. The zero-order valence-electron chi connectivity index (χ0n) is 10.6. The number of ether oxygens (including phenoxy) is 2. The van der Waals surface area contributed by atoms with Crippen molar-refractivity contribution in [3.8, 4) is 5.75 Å². The number of aryl methyl sites for hydroxylation is 1. The summed E-state index contributed by atoms with van der Waals surface area (Å²) in [6.45, 7) is 6.62. The second-order valence-electron chi connectivity index (χ2n) is 4.75. The van der Waals surface area contributed by atoms with Crippen LogP contribution in [0.2, 0.25) is 0 Å². The summed E-state index contributed by atoms with van der Waals surface area (Å²) in [5.74, 6) is 0.937. The van der Waals surface area contributed by atoms with Gasteiger partial charge in [-0.05, 0) is 32.4 Å². The van der Waals surface area contributed by atoms with Gasteiger partial charge in [0.25, 0.3) is 0 Å². The maximum absolute atomic E-state index is 5.73. The molecule has 94 valence electrons. The topological polar surface area (TPSA) is 30.5 Å². The van der Waals surface area contributed by atoms with Crippen LogP contribution in [0.25, 0.3) is 0 Å². The summed E-state index contributed by atoms with van der Waals surface area (Å²) >= 11 is 0. The van der Waals surface area contributed by atoms with Crippen LogP contribution in [0.15, 0.2) is 24.3 Å². The Kier molecular flexibility index (Phi) is 4.40. The number of benzene rings is 1. The maximum atomic E-state index is 5.73. The highest BCUT2D eigenvalue weighted by atomic mass is 16.5. The van der Waals surface area contributed by atoms with E-state index in [2.05, 4.69) is 31.3 Å². The fourth-order valence-electron chi connectivity index (χ4n) is 1.97. The highest BCUT2D eigenvalue weighted by molar-refractivity contribution is 5.26. The minimum Gasteiger partial charge on any atom is -0.492 e. The first-order chi connectivity index (χ1) is 8.24. The van der Waals surface area contributed by atoms with Crippen LogP contribution >= 0.6 is 0 Å². The Morgan fingerprint density at radius 3 is 2.82 bits per heavy atom. The predicted molar refractivity (Wildman–Crippen MR) is 68.5 cm³/mol. The van der Waals surface area contributed by atoms with Crippen LogP contribution in [-0.4, -0.2) is 31.9 Å². The molecule has 1 aromatic rings. The van der Waals surface area contributed by atoms with E-state index in [9.17, 15) is 0 Å². The molecule has 3 nitrogen and oxygen atoms in total. The standard InChI is InChI=1S/C14H21NO2/c1-11-3-5-14(6-4-11)17-9-12(2)15-13-7-8-16-10-13/h3-6,12-13,15H,7-10H2,1-2H3. The van der Waals surface area contributed by atoms with Gasteiger partial charge in [0.2, 0.25) is 0 Å². The highest BCUT2D eigenvalue weighted by Crippen LogP contribution is 2.12. The molecule has 0 amide bonds. The zero-order valence-corrected chi connectivity index (χ0v) is 10.6. The van der Waals surface area contributed by atoms with Gasteiger partial charge in [-0.15, -0.1) is 0 Å². The van der Waals surface area contributed by atoms with Gasteiger partial charge >= 0.3 is 0 Å². The molecule has 0 bridgehead atoms. The molecule has 1 aliphatic heterocycles. The molecule has 2 atom stereocenters. The van der Waals surface area contributed by atoms with E-state index in [4.69, 9.17) is 9.47 Å². The van der Waals surface area contributed by atoms with E-state index in [1.165, 1.54) is 5.56 Å². The molecule has 0 aliphatic carbocycles. The molecule has 0 saturated carbocycles. The van der Waals surface area contributed by atoms with E-state index >= 15 is 0 Å². The number of nitrogens with one attached hydrogen (secondary N) is 1. The van der Waals surface area contributed by atoms with Gasteiger partial charge in [0.1, 0.15) is 12.4 Å². The van der Waals surface area contributed by atoms with Gasteiger partial charge in [0.05, 0.1) is 6.61 Å². The van der Waals surface area contributed by atoms with Crippen molar-refractivity contribution in [2.45, 2.75) is 32.4 Å². The van der Waals surface area contributed by atoms with Gasteiger partial charge in [-0.3, -0.25) is 0 Å². The largest absolute Gasteiger partial charge is 0.492 e. The van der Waals surface area contributed by atoms with E-state index in [1.807, 2.05) is 12.1 Å². The molecule has 1 aliphatic rings. The lowest BCUT2D eigenvalue weighted by Crippen LogP contribution is -2.40. The summed E-state index contributed by atoms with van der Waals surface area (Å²) < 4.78 is 11.1. The number of hydrogen-bond donors (Lipinski definition) is 1. The average molecular weight is 235 g/mol. The Bertz CT molecular complexity index is 331. The third-order valence-corrected chi connectivity index (χ3v) is 2.97. The highest BCUT2D eigenvalue weighted by Gasteiger charge is 2.17. The Balaban J connectivity index is 1.71. The van der Waals surface area contributed by atoms with E-state index < -0.39 is 0 Å². The van der Waals surface area contributed by atoms with Crippen molar-refractivity contribution in [3.05, 3.63) is 29.8 Å². The van der Waals surface area contributed by atoms with Gasteiger partial charge in [0, 0.05) is 18.7 Å². The van der Waals surface area contributed by atoms with E-state index in [1.54, 1.807) is 0 Å². The molecule has 0 spiro atoms. The third kappa shape index (κ3) is 4.02. The van der Waals surface area contributed by atoms with Crippen LogP contribution < -0.4 is 10.1 Å². The summed E-state index contributed by atoms with van der Waals surface area (Å²) in [5.41, 5.74) is 1.26. The van der Waals surface area contributed by atoms with Crippen LogP contribution in [0, 0.1) is 6.92 Å². The SMILES string of the molecule is Cc1ccc(OCC(C)NC2CCOC2)cc1. The van der Waals surface area contributed by atoms with E-state index in [0.717, 1.165) is 25.4 Å². The zero-order chi connectivity index (χ0) is 12.1. The molecule has 1 heterocycles. The molecule has 0 aromatic heterocycles. The first-order valence-corrected chi connectivity index (χ1v) is 6.27. The summed E-state index contributed by atoms with van der Waals surface area (Å²) in [6, 6.07) is 9.01. The van der Waals surface area contributed by atoms with Crippen molar-refractivity contribution >= 4 is 0 Å². The van der Waals surface area contributed by atoms with Crippen molar-refractivity contribution in [2.75, 3.05) is 19.8 Å². The van der Waals surface area contributed by atoms with Crippen molar-refractivity contribution in [1.29, 1.82) is 0 Å². The third-order valence-electron chi connectivity index (χ3n) is 2.97. The van der Waals surface area contributed by atoms with Gasteiger partial charge in [-0.1, -0.05) is 17.7 Å². The van der Waals surface area contributed by atoms with Gasteiger partial charge in [-0.2, -0.15) is 0 Å². The summed E-state index contributed by atoms with van der Waals surface area (Å²) in [5, 5.41) is 3.51. The quantitative estimate of drug-likeness (QED) is 0.848. The first-order valence-electron chi connectivity index (χ1n) is 6.27. The maximum Gasteiger partial charge on any atom is 0.119 e. The van der Waals surface area contributed by atoms with E-state index in [0.29, 0.717) is 18.7 Å². The fraction of sp³-hybridized carbons (Fsp3) is 0.571. The van der Waals surface area contributed by atoms with Gasteiger partial charge in [-0.25, -0.2) is 0 Å². The Morgan fingerprint density at radius 2 is 2.18 bits per heavy atom. The molecular formula is C14H21NO2. The first kappa shape index (κ1) is 12.4. The second kappa shape index (κ2) is 6.03. The van der Waals surface area contributed by atoms with Crippen molar-refractivity contribution < 1.29 is 9.47 Å².